The van der Waals surface area contributed by atoms with Crippen LogP contribution in [0.5, 0.6) is 11.5 Å². The van der Waals surface area contributed by atoms with Crippen LogP contribution in [-0.2, 0) is 12.7 Å². The highest BCUT2D eigenvalue weighted by atomic mass is 35.5. The first kappa shape index (κ1) is 25.6. The van der Waals surface area contributed by atoms with E-state index in [1.807, 2.05) is 0 Å². The number of rotatable bonds is 5. The van der Waals surface area contributed by atoms with Gasteiger partial charge in [0.15, 0.2) is 5.69 Å². The molecule has 2 aromatic heterocycles. The van der Waals surface area contributed by atoms with Crippen molar-refractivity contribution in [2.45, 2.75) is 19.6 Å². The molecule has 0 aliphatic rings. The molecule has 1 N–H and O–H groups in total. The fourth-order valence-electron chi connectivity index (χ4n) is 3.44. The summed E-state index contributed by atoms with van der Waals surface area (Å²) in [5.74, 6) is -2.08. The summed E-state index contributed by atoms with van der Waals surface area (Å²) in [4.78, 5) is 28.7. The lowest BCUT2D eigenvalue weighted by Crippen LogP contribution is -2.27. The number of nitrogens with zero attached hydrogens (tertiary/aromatic N) is 4. The molecule has 0 radical (unpaired) electrons. The first-order valence-electron chi connectivity index (χ1n) is 10.4. The second-order valence-corrected chi connectivity index (χ2v) is 8.22. The number of aromatic amines is 1. The van der Waals surface area contributed by atoms with Crippen molar-refractivity contribution >= 4 is 11.6 Å². The van der Waals surface area contributed by atoms with E-state index in [0.717, 1.165) is 16.7 Å². The second-order valence-electron chi connectivity index (χ2n) is 7.78. The van der Waals surface area contributed by atoms with Gasteiger partial charge in [-0.05, 0) is 36.8 Å². The summed E-state index contributed by atoms with van der Waals surface area (Å²) in [6, 6.07) is 10.9. The molecule has 0 unspecified atom stereocenters. The number of nitriles is 1. The third kappa shape index (κ3) is 5.36. The Bertz CT molecular complexity index is 1680. The molecule has 8 nitrogen and oxygen atoms in total. The number of nitrogens with one attached hydrogen (secondary N) is 1. The molecule has 0 atom stereocenters. The smallest absolute Gasteiger partial charge is 0.437 e. The van der Waals surface area contributed by atoms with E-state index in [9.17, 15) is 27.2 Å². The van der Waals surface area contributed by atoms with E-state index in [1.54, 1.807) is 12.1 Å². The van der Waals surface area contributed by atoms with Gasteiger partial charge in [-0.2, -0.15) is 23.5 Å². The summed E-state index contributed by atoms with van der Waals surface area (Å²) >= 11 is 5.89. The molecule has 0 spiro atoms. The van der Waals surface area contributed by atoms with E-state index >= 15 is 0 Å². The molecule has 13 heteroatoms. The molecule has 2 heterocycles. The molecule has 188 valence electrons. The Morgan fingerprint density at radius 3 is 2.62 bits per heavy atom. The number of hydrogen-bond donors (Lipinski definition) is 1. The van der Waals surface area contributed by atoms with Crippen molar-refractivity contribution in [2.75, 3.05) is 0 Å². The van der Waals surface area contributed by atoms with Gasteiger partial charge in [-0.15, -0.1) is 0 Å². The third-order valence-corrected chi connectivity index (χ3v) is 5.37. The highest BCUT2D eigenvalue weighted by molar-refractivity contribution is 6.30. The Balaban J connectivity index is 1.78. The van der Waals surface area contributed by atoms with Crippen LogP contribution in [0.15, 0.2) is 58.4 Å². The van der Waals surface area contributed by atoms with Gasteiger partial charge in [0.25, 0.3) is 11.1 Å². The first-order chi connectivity index (χ1) is 17.5. The minimum Gasteiger partial charge on any atom is -0.449 e. The van der Waals surface area contributed by atoms with Crippen molar-refractivity contribution in [3.8, 4) is 28.7 Å². The lowest BCUT2D eigenvalue weighted by Gasteiger charge is -2.15. The number of H-pyrrole nitrogens is 1. The number of hydrogen-bond acceptors (Lipinski definition) is 6. The molecule has 4 aromatic rings. The Kier molecular flexibility index (Phi) is 6.82. The van der Waals surface area contributed by atoms with E-state index < -0.39 is 41.1 Å². The Morgan fingerprint density at radius 2 is 1.92 bits per heavy atom. The third-order valence-electron chi connectivity index (χ3n) is 5.16. The van der Waals surface area contributed by atoms with Gasteiger partial charge in [0.05, 0.1) is 35.8 Å². The number of alkyl halides is 3. The van der Waals surface area contributed by atoms with Gasteiger partial charge in [-0.25, -0.2) is 14.5 Å². The standard InChI is InChI=1S/C24H14ClF4N5O3/c1-12-3-2-4-17(19(12)26)18-8-15(32-33-22(18)35)10-34-11-31-21(24(27,28)29)20(23(34)36)37-16-6-13(9-30)5-14(25)7-16/h2-8,11H,10H2,1H3,(H,33,35). The average molecular weight is 532 g/mol. The molecule has 0 saturated carbocycles. The monoisotopic (exact) mass is 531 g/mol. The second kappa shape index (κ2) is 9.87. The van der Waals surface area contributed by atoms with E-state index in [2.05, 4.69) is 15.2 Å². The quantitative estimate of drug-likeness (QED) is 0.369. The molecular formula is C24H14ClF4N5O3. The van der Waals surface area contributed by atoms with E-state index in [1.165, 1.54) is 31.2 Å². The zero-order valence-corrected chi connectivity index (χ0v) is 19.5. The Morgan fingerprint density at radius 1 is 1.16 bits per heavy atom. The van der Waals surface area contributed by atoms with Crippen molar-refractivity contribution in [1.82, 2.24) is 19.7 Å². The van der Waals surface area contributed by atoms with Crippen LogP contribution in [0.4, 0.5) is 17.6 Å². The predicted octanol–water partition coefficient (Wildman–Crippen LogP) is 4.83. The highest BCUT2D eigenvalue weighted by Crippen LogP contribution is 2.35. The molecular weight excluding hydrogens is 518 g/mol. The van der Waals surface area contributed by atoms with E-state index in [-0.39, 0.29) is 33.2 Å². The molecule has 0 bridgehead atoms. The lowest BCUT2D eigenvalue weighted by molar-refractivity contribution is -0.142. The number of aryl methyl sites for hydroxylation is 1. The number of benzene rings is 2. The van der Waals surface area contributed by atoms with Crippen molar-refractivity contribution in [2.24, 2.45) is 0 Å². The van der Waals surface area contributed by atoms with Crippen LogP contribution in [0, 0.1) is 24.1 Å². The summed E-state index contributed by atoms with van der Waals surface area (Å²) < 4.78 is 61.4. The van der Waals surface area contributed by atoms with E-state index in [4.69, 9.17) is 21.6 Å². The van der Waals surface area contributed by atoms with Crippen molar-refractivity contribution in [3.63, 3.8) is 0 Å². The summed E-state index contributed by atoms with van der Waals surface area (Å²) in [5.41, 5.74) is -3.31. The number of ether oxygens (including phenoxy) is 1. The Hall–Kier alpha value is -4.50. The number of aromatic nitrogens is 4. The van der Waals surface area contributed by atoms with Gasteiger partial charge in [-0.3, -0.25) is 14.2 Å². The van der Waals surface area contributed by atoms with Crippen LogP contribution in [0.1, 0.15) is 22.5 Å². The van der Waals surface area contributed by atoms with Crippen LogP contribution in [0.2, 0.25) is 5.02 Å². The SMILES string of the molecule is Cc1cccc(-c2cc(Cn3cnc(C(F)(F)F)c(Oc4cc(Cl)cc(C#N)c4)c3=O)n[nH]c2=O)c1F. The van der Waals surface area contributed by atoms with Crippen LogP contribution in [-0.4, -0.2) is 19.7 Å². The fraction of sp³-hybridized carbons (Fsp3) is 0.125. The molecule has 2 aromatic carbocycles. The molecule has 37 heavy (non-hydrogen) atoms. The van der Waals surface area contributed by atoms with Crippen LogP contribution >= 0.6 is 11.6 Å². The van der Waals surface area contributed by atoms with E-state index in [0.29, 0.717) is 11.9 Å². The van der Waals surface area contributed by atoms with Crippen molar-refractivity contribution in [1.29, 1.82) is 5.26 Å². The minimum absolute atomic E-state index is 0.000162. The van der Waals surface area contributed by atoms with Gasteiger partial charge in [-0.1, -0.05) is 29.8 Å². The highest BCUT2D eigenvalue weighted by Gasteiger charge is 2.38. The summed E-state index contributed by atoms with van der Waals surface area (Å²) in [6.07, 6.45) is -4.40. The fourth-order valence-corrected chi connectivity index (χ4v) is 3.66. The normalized spacial score (nSPS) is 11.3. The lowest BCUT2D eigenvalue weighted by atomic mass is 10.0. The molecule has 0 saturated heterocycles. The van der Waals surface area contributed by atoms with Crippen molar-refractivity contribution < 1.29 is 22.3 Å². The largest absolute Gasteiger partial charge is 0.449 e. The molecule has 0 aliphatic heterocycles. The maximum atomic E-state index is 14.6. The minimum atomic E-state index is -5.05. The summed E-state index contributed by atoms with van der Waals surface area (Å²) in [6.45, 7) is 1.08. The van der Waals surface area contributed by atoms with Gasteiger partial charge in [0.2, 0.25) is 5.75 Å². The first-order valence-corrected chi connectivity index (χ1v) is 10.7. The van der Waals surface area contributed by atoms with Crippen molar-refractivity contribution in [3.05, 3.63) is 103 Å². The molecule has 0 aliphatic carbocycles. The molecule has 4 rings (SSSR count). The molecule has 0 fully saturated rings. The van der Waals surface area contributed by atoms with Crippen LogP contribution in [0.3, 0.4) is 0 Å². The summed E-state index contributed by atoms with van der Waals surface area (Å²) in [7, 11) is 0. The topological polar surface area (TPSA) is 114 Å². The zero-order chi connectivity index (χ0) is 26.9. The molecule has 0 amide bonds. The zero-order valence-electron chi connectivity index (χ0n) is 18.7. The summed E-state index contributed by atoms with van der Waals surface area (Å²) in [5, 5.41) is 15.1. The van der Waals surface area contributed by atoms with Gasteiger partial charge < -0.3 is 4.74 Å². The van der Waals surface area contributed by atoms with Crippen LogP contribution in [0.25, 0.3) is 11.1 Å². The van der Waals surface area contributed by atoms with Gasteiger partial charge >= 0.3 is 6.18 Å². The number of halogens is 5. The van der Waals surface area contributed by atoms with Crippen LogP contribution < -0.4 is 15.9 Å². The average Bonchev–Trinajstić information content (AvgIpc) is 2.83. The Labute approximate surface area is 210 Å². The van der Waals surface area contributed by atoms with Gasteiger partial charge in [0.1, 0.15) is 11.6 Å². The maximum absolute atomic E-state index is 14.6. The predicted molar refractivity (Wildman–Crippen MR) is 124 cm³/mol. The van der Waals surface area contributed by atoms with Gasteiger partial charge in [0, 0.05) is 10.6 Å². The maximum Gasteiger partial charge on any atom is 0.437 e.